The molecule has 0 aliphatic heterocycles. The molecule has 0 aliphatic rings. The molecule has 1 aromatic rings. The lowest BCUT2D eigenvalue weighted by Crippen LogP contribution is -2.27. The van der Waals surface area contributed by atoms with Crippen molar-refractivity contribution in [3.05, 3.63) is 39.9 Å². The van der Waals surface area contributed by atoms with Gasteiger partial charge in [0.2, 0.25) is 5.91 Å². The molecule has 6 nitrogen and oxygen atoms in total. The molecule has 0 spiro atoms. The highest BCUT2D eigenvalue weighted by molar-refractivity contribution is 5.78. The summed E-state index contributed by atoms with van der Waals surface area (Å²) in [7, 11) is 1.85. The molecule has 6 heteroatoms. The first-order valence-corrected chi connectivity index (χ1v) is 5.78. The van der Waals surface area contributed by atoms with Crippen molar-refractivity contribution in [3.63, 3.8) is 0 Å². The number of nitrogens with one attached hydrogen (secondary N) is 2. The summed E-state index contributed by atoms with van der Waals surface area (Å²) >= 11 is 0. The van der Waals surface area contributed by atoms with Gasteiger partial charge < -0.3 is 10.6 Å². The molecule has 18 heavy (non-hydrogen) atoms. The molecule has 0 saturated carbocycles. The minimum atomic E-state index is -0.464. The van der Waals surface area contributed by atoms with Gasteiger partial charge in [-0.25, -0.2) is 0 Å². The first-order chi connectivity index (χ1) is 8.63. The van der Waals surface area contributed by atoms with E-state index in [4.69, 9.17) is 0 Å². The Morgan fingerprint density at radius 1 is 1.39 bits per heavy atom. The molecule has 1 aromatic carbocycles. The molecule has 1 amide bonds. The second-order valence-electron chi connectivity index (χ2n) is 3.91. The van der Waals surface area contributed by atoms with E-state index in [1.54, 1.807) is 12.1 Å². The smallest absolute Gasteiger partial charge is 0.269 e. The Kier molecular flexibility index (Phi) is 5.79. The van der Waals surface area contributed by atoms with Crippen molar-refractivity contribution in [1.82, 2.24) is 10.6 Å². The van der Waals surface area contributed by atoms with Crippen LogP contribution in [-0.2, 0) is 11.2 Å². The Hall–Kier alpha value is -1.95. The van der Waals surface area contributed by atoms with E-state index >= 15 is 0 Å². The summed E-state index contributed by atoms with van der Waals surface area (Å²) in [5, 5.41) is 16.3. The highest BCUT2D eigenvalue weighted by Crippen LogP contribution is 2.13. The Morgan fingerprint density at radius 3 is 2.83 bits per heavy atom. The zero-order chi connectivity index (χ0) is 13.4. The summed E-state index contributed by atoms with van der Waals surface area (Å²) in [5.74, 6) is -0.119. The van der Waals surface area contributed by atoms with Crippen LogP contribution in [0.3, 0.4) is 0 Å². The van der Waals surface area contributed by atoms with Gasteiger partial charge in [-0.15, -0.1) is 0 Å². The van der Waals surface area contributed by atoms with Gasteiger partial charge in [0.05, 0.1) is 11.3 Å². The fourth-order valence-electron chi connectivity index (χ4n) is 1.52. The number of carbonyl (C=O) groups excluding carboxylic acids is 1. The van der Waals surface area contributed by atoms with Crippen molar-refractivity contribution in [2.45, 2.75) is 12.8 Å². The fourth-order valence-corrected chi connectivity index (χ4v) is 1.52. The van der Waals surface area contributed by atoms with Gasteiger partial charge >= 0.3 is 0 Å². The summed E-state index contributed by atoms with van der Waals surface area (Å²) < 4.78 is 0. The van der Waals surface area contributed by atoms with Crippen LogP contribution in [0.15, 0.2) is 24.3 Å². The Bertz CT molecular complexity index is 421. The van der Waals surface area contributed by atoms with Gasteiger partial charge in [-0.1, -0.05) is 12.1 Å². The molecule has 0 radical (unpaired) electrons. The van der Waals surface area contributed by atoms with E-state index in [2.05, 4.69) is 10.6 Å². The van der Waals surface area contributed by atoms with Crippen LogP contribution < -0.4 is 10.6 Å². The van der Waals surface area contributed by atoms with Crippen LogP contribution in [0.2, 0.25) is 0 Å². The van der Waals surface area contributed by atoms with Crippen molar-refractivity contribution in [1.29, 1.82) is 0 Å². The summed E-state index contributed by atoms with van der Waals surface area (Å²) in [6, 6.07) is 6.13. The van der Waals surface area contributed by atoms with E-state index in [0.717, 1.165) is 13.0 Å². The van der Waals surface area contributed by atoms with Crippen molar-refractivity contribution < 1.29 is 9.72 Å². The number of hydrogen-bond acceptors (Lipinski definition) is 4. The average Bonchev–Trinajstić information content (AvgIpc) is 2.35. The number of nitro groups is 1. The third kappa shape index (κ3) is 4.92. The molecule has 0 unspecified atom stereocenters. The molecule has 2 N–H and O–H groups in total. The molecule has 0 aromatic heterocycles. The van der Waals surface area contributed by atoms with Crippen molar-refractivity contribution >= 4 is 11.6 Å². The minimum absolute atomic E-state index is 0.00971. The topological polar surface area (TPSA) is 84.3 Å². The zero-order valence-corrected chi connectivity index (χ0v) is 10.3. The van der Waals surface area contributed by atoms with E-state index in [0.29, 0.717) is 12.1 Å². The Balaban J connectivity index is 2.44. The molecule has 0 fully saturated rings. The van der Waals surface area contributed by atoms with E-state index in [9.17, 15) is 14.9 Å². The van der Waals surface area contributed by atoms with Gasteiger partial charge in [0.15, 0.2) is 0 Å². The van der Waals surface area contributed by atoms with Crippen molar-refractivity contribution in [2.24, 2.45) is 0 Å². The van der Waals surface area contributed by atoms with Crippen LogP contribution in [0, 0.1) is 10.1 Å². The van der Waals surface area contributed by atoms with Gasteiger partial charge in [0.25, 0.3) is 5.69 Å². The maximum absolute atomic E-state index is 11.6. The fraction of sp³-hybridized carbons (Fsp3) is 0.417. The number of amides is 1. The second kappa shape index (κ2) is 7.39. The van der Waals surface area contributed by atoms with Crippen LogP contribution in [0.5, 0.6) is 0 Å². The molecule has 1 rings (SSSR count). The number of hydrogen-bond donors (Lipinski definition) is 2. The van der Waals surface area contributed by atoms with Crippen molar-refractivity contribution in [2.75, 3.05) is 20.1 Å². The van der Waals surface area contributed by atoms with Crippen LogP contribution in [-0.4, -0.2) is 31.0 Å². The summed E-state index contributed by atoms with van der Waals surface area (Å²) in [4.78, 5) is 21.7. The molecular weight excluding hydrogens is 234 g/mol. The van der Waals surface area contributed by atoms with Crippen LogP contribution in [0.25, 0.3) is 0 Å². The zero-order valence-electron chi connectivity index (χ0n) is 10.3. The highest BCUT2D eigenvalue weighted by atomic mass is 16.6. The number of nitrogens with zero attached hydrogens (tertiary/aromatic N) is 1. The number of benzene rings is 1. The lowest BCUT2D eigenvalue weighted by Gasteiger charge is -2.05. The first kappa shape index (κ1) is 14.1. The largest absolute Gasteiger partial charge is 0.356 e. The maximum atomic E-state index is 11.6. The first-order valence-electron chi connectivity index (χ1n) is 5.78. The Labute approximate surface area is 106 Å². The molecule has 98 valence electrons. The summed E-state index contributed by atoms with van der Waals surface area (Å²) in [5.41, 5.74) is 0.658. The van der Waals surface area contributed by atoms with Crippen LogP contribution in [0.1, 0.15) is 12.0 Å². The molecule has 0 atom stereocenters. The van der Waals surface area contributed by atoms with Crippen LogP contribution in [0.4, 0.5) is 5.69 Å². The summed E-state index contributed by atoms with van der Waals surface area (Å²) in [6.45, 7) is 1.45. The van der Waals surface area contributed by atoms with E-state index in [1.165, 1.54) is 12.1 Å². The van der Waals surface area contributed by atoms with Gasteiger partial charge in [-0.2, -0.15) is 0 Å². The van der Waals surface area contributed by atoms with E-state index in [-0.39, 0.29) is 18.0 Å². The molecular formula is C12H17N3O3. The predicted molar refractivity (Wildman–Crippen MR) is 68.4 cm³/mol. The standard InChI is InChI=1S/C12H17N3O3/c1-13-6-3-7-14-12(16)9-10-4-2-5-11(8-10)15(17)18/h2,4-5,8,13H,3,6-7,9H2,1H3,(H,14,16). The number of non-ortho nitro benzene ring substituents is 1. The van der Waals surface area contributed by atoms with Gasteiger partial charge in [-0.05, 0) is 25.6 Å². The molecule has 0 heterocycles. The molecule has 0 saturated heterocycles. The number of carbonyl (C=O) groups is 1. The second-order valence-corrected chi connectivity index (χ2v) is 3.91. The van der Waals surface area contributed by atoms with E-state index in [1.807, 2.05) is 7.05 Å². The van der Waals surface area contributed by atoms with Crippen LogP contribution >= 0.6 is 0 Å². The lowest BCUT2D eigenvalue weighted by molar-refractivity contribution is -0.384. The minimum Gasteiger partial charge on any atom is -0.356 e. The molecule has 0 bridgehead atoms. The lowest BCUT2D eigenvalue weighted by atomic mass is 10.1. The van der Waals surface area contributed by atoms with Gasteiger partial charge in [0, 0.05) is 18.7 Å². The van der Waals surface area contributed by atoms with Gasteiger partial charge in [-0.3, -0.25) is 14.9 Å². The molecule has 0 aliphatic carbocycles. The average molecular weight is 251 g/mol. The van der Waals surface area contributed by atoms with Crippen molar-refractivity contribution in [3.8, 4) is 0 Å². The third-order valence-electron chi connectivity index (χ3n) is 2.41. The number of nitro benzene ring substituents is 1. The monoisotopic (exact) mass is 251 g/mol. The highest BCUT2D eigenvalue weighted by Gasteiger charge is 2.08. The van der Waals surface area contributed by atoms with Gasteiger partial charge in [0.1, 0.15) is 0 Å². The maximum Gasteiger partial charge on any atom is 0.269 e. The third-order valence-corrected chi connectivity index (χ3v) is 2.41. The normalized spacial score (nSPS) is 10.1. The summed E-state index contributed by atoms with van der Waals surface area (Å²) in [6.07, 6.45) is 1.03. The van der Waals surface area contributed by atoms with E-state index < -0.39 is 4.92 Å². The number of rotatable bonds is 7. The Morgan fingerprint density at radius 2 is 2.17 bits per heavy atom. The quantitative estimate of drug-likeness (QED) is 0.427. The SMILES string of the molecule is CNCCCNC(=O)Cc1cccc([N+](=O)[O-])c1. The predicted octanol–water partition coefficient (Wildman–Crippen LogP) is 0.863.